The van der Waals surface area contributed by atoms with Gasteiger partial charge in [0.2, 0.25) is 5.92 Å². The van der Waals surface area contributed by atoms with Crippen molar-refractivity contribution in [3.05, 3.63) is 35.4 Å². The minimum absolute atomic E-state index is 0.0808. The zero-order chi connectivity index (χ0) is 12.5. The van der Waals surface area contributed by atoms with Gasteiger partial charge in [-0.25, -0.2) is 8.78 Å². The van der Waals surface area contributed by atoms with Gasteiger partial charge in [0.1, 0.15) is 0 Å². The van der Waals surface area contributed by atoms with Gasteiger partial charge >= 0.3 is 0 Å². The van der Waals surface area contributed by atoms with Crippen LogP contribution in [0.25, 0.3) is 0 Å². The molecule has 0 radical (unpaired) electrons. The second kappa shape index (κ2) is 4.73. The summed E-state index contributed by atoms with van der Waals surface area (Å²) >= 11 is 0. The number of halogens is 2. The maximum Gasteiger partial charge on any atom is 0.248 e. The van der Waals surface area contributed by atoms with Crippen molar-refractivity contribution >= 4 is 0 Å². The number of aryl methyl sites for hydroxylation is 1. The average Bonchev–Trinajstić information content (AvgIpc) is 2.59. The van der Waals surface area contributed by atoms with Crippen molar-refractivity contribution in [3.63, 3.8) is 0 Å². The van der Waals surface area contributed by atoms with E-state index in [9.17, 15) is 13.9 Å². The van der Waals surface area contributed by atoms with Gasteiger partial charge in [-0.05, 0) is 31.2 Å². The lowest BCUT2D eigenvalue weighted by Gasteiger charge is -2.18. The van der Waals surface area contributed by atoms with E-state index in [4.69, 9.17) is 0 Å². The van der Waals surface area contributed by atoms with Gasteiger partial charge in [0.15, 0.2) is 0 Å². The van der Waals surface area contributed by atoms with Crippen LogP contribution in [0.1, 0.15) is 30.4 Å². The Balaban J connectivity index is 1.96. The topological polar surface area (TPSA) is 20.2 Å². The van der Waals surface area contributed by atoms with E-state index in [1.807, 2.05) is 31.2 Å². The summed E-state index contributed by atoms with van der Waals surface area (Å²) in [6, 6.07) is 7.85. The first-order valence-electron chi connectivity index (χ1n) is 6.08. The molecule has 0 bridgehead atoms. The molecule has 1 aliphatic carbocycles. The van der Waals surface area contributed by atoms with Crippen LogP contribution in [0.15, 0.2) is 24.3 Å². The van der Waals surface area contributed by atoms with Crippen LogP contribution in [0.3, 0.4) is 0 Å². The summed E-state index contributed by atoms with van der Waals surface area (Å²) in [4.78, 5) is 0. The van der Waals surface area contributed by atoms with E-state index in [1.54, 1.807) is 0 Å². The van der Waals surface area contributed by atoms with Crippen LogP contribution in [0.5, 0.6) is 0 Å². The van der Waals surface area contributed by atoms with Crippen LogP contribution >= 0.6 is 0 Å². The highest BCUT2D eigenvalue weighted by molar-refractivity contribution is 5.22. The Labute approximate surface area is 100 Å². The Hall–Kier alpha value is -0.960. The van der Waals surface area contributed by atoms with Gasteiger partial charge in [-0.15, -0.1) is 0 Å². The maximum atomic E-state index is 13.0. The zero-order valence-electron chi connectivity index (χ0n) is 10.00. The first-order chi connectivity index (χ1) is 7.96. The lowest BCUT2D eigenvalue weighted by molar-refractivity contribution is -0.00479. The van der Waals surface area contributed by atoms with Crippen LogP contribution < -0.4 is 0 Å². The highest BCUT2D eigenvalue weighted by Crippen LogP contribution is 2.40. The number of aliphatic hydroxyl groups excluding tert-OH is 1. The number of aliphatic hydroxyl groups is 1. The van der Waals surface area contributed by atoms with Gasteiger partial charge in [0.05, 0.1) is 6.10 Å². The van der Waals surface area contributed by atoms with Gasteiger partial charge in [-0.2, -0.15) is 0 Å². The molecule has 2 rings (SSSR count). The molecule has 2 atom stereocenters. The summed E-state index contributed by atoms with van der Waals surface area (Å²) in [6.07, 6.45) is 0.00969. The van der Waals surface area contributed by atoms with Crippen LogP contribution in [0.4, 0.5) is 8.78 Å². The molecule has 0 heterocycles. The molecule has 0 saturated heterocycles. The lowest BCUT2D eigenvalue weighted by atomic mass is 9.94. The number of rotatable bonds is 3. The fourth-order valence-corrected chi connectivity index (χ4v) is 2.56. The molecule has 0 spiro atoms. The molecule has 2 unspecified atom stereocenters. The number of hydrogen-bond acceptors (Lipinski definition) is 1. The van der Waals surface area contributed by atoms with Crippen molar-refractivity contribution in [1.82, 2.24) is 0 Å². The molecule has 94 valence electrons. The minimum atomic E-state index is -2.57. The highest BCUT2D eigenvalue weighted by atomic mass is 19.3. The van der Waals surface area contributed by atoms with Crippen LogP contribution in [0, 0.1) is 12.8 Å². The summed E-state index contributed by atoms with van der Waals surface area (Å²) in [5, 5.41) is 9.99. The first-order valence-corrected chi connectivity index (χ1v) is 6.08. The van der Waals surface area contributed by atoms with Gasteiger partial charge < -0.3 is 5.11 Å². The summed E-state index contributed by atoms with van der Waals surface area (Å²) in [5.74, 6) is -2.83. The minimum Gasteiger partial charge on any atom is -0.392 e. The van der Waals surface area contributed by atoms with Gasteiger partial charge in [-0.3, -0.25) is 0 Å². The van der Waals surface area contributed by atoms with Crippen molar-refractivity contribution in [2.75, 3.05) is 0 Å². The molecular formula is C14H18F2O. The normalized spacial score (nSPS) is 24.8. The molecular weight excluding hydrogens is 222 g/mol. The van der Waals surface area contributed by atoms with Gasteiger partial charge in [-0.1, -0.05) is 29.8 Å². The molecule has 0 amide bonds. The van der Waals surface area contributed by atoms with E-state index in [0.717, 1.165) is 11.1 Å². The molecule has 1 saturated carbocycles. The monoisotopic (exact) mass is 240 g/mol. The van der Waals surface area contributed by atoms with Crippen molar-refractivity contribution in [2.24, 2.45) is 5.92 Å². The quantitative estimate of drug-likeness (QED) is 0.859. The molecule has 0 aliphatic heterocycles. The first kappa shape index (κ1) is 12.5. The standard InChI is InChI=1S/C14H18F2O/c1-10-3-2-4-11(7-10)8-13(17)12-5-6-14(15,16)9-12/h2-4,7,12-13,17H,5-6,8-9H2,1H3. The molecule has 1 fully saturated rings. The maximum absolute atomic E-state index is 13.0. The second-order valence-electron chi connectivity index (χ2n) is 5.12. The predicted molar refractivity (Wildman–Crippen MR) is 63.2 cm³/mol. The molecule has 1 nitrogen and oxygen atoms in total. The molecule has 3 heteroatoms. The van der Waals surface area contributed by atoms with E-state index in [1.165, 1.54) is 0 Å². The van der Waals surface area contributed by atoms with Crippen molar-refractivity contribution in [3.8, 4) is 0 Å². The Kier molecular flexibility index (Phi) is 3.48. The van der Waals surface area contributed by atoms with Crippen LogP contribution in [0.2, 0.25) is 0 Å². The zero-order valence-corrected chi connectivity index (χ0v) is 10.00. The third kappa shape index (κ3) is 3.25. The molecule has 1 aromatic rings. The van der Waals surface area contributed by atoms with Gasteiger partial charge in [0, 0.05) is 12.8 Å². The second-order valence-corrected chi connectivity index (χ2v) is 5.12. The van der Waals surface area contributed by atoms with Gasteiger partial charge in [0.25, 0.3) is 0 Å². The van der Waals surface area contributed by atoms with E-state index in [2.05, 4.69) is 0 Å². The Morgan fingerprint density at radius 1 is 1.47 bits per heavy atom. The fourth-order valence-electron chi connectivity index (χ4n) is 2.56. The van der Waals surface area contributed by atoms with E-state index < -0.39 is 12.0 Å². The van der Waals surface area contributed by atoms with Crippen LogP contribution in [-0.2, 0) is 6.42 Å². The Morgan fingerprint density at radius 3 is 2.82 bits per heavy atom. The lowest BCUT2D eigenvalue weighted by Crippen LogP contribution is -2.22. The third-order valence-corrected chi connectivity index (χ3v) is 3.51. The summed E-state index contributed by atoms with van der Waals surface area (Å²) in [6.45, 7) is 1.99. The average molecular weight is 240 g/mol. The smallest absolute Gasteiger partial charge is 0.248 e. The van der Waals surface area contributed by atoms with Crippen LogP contribution in [-0.4, -0.2) is 17.1 Å². The van der Waals surface area contributed by atoms with E-state index in [-0.39, 0.29) is 18.8 Å². The Morgan fingerprint density at radius 2 is 2.24 bits per heavy atom. The third-order valence-electron chi connectivity index (χ3n) is 3.51. The summed E-state index contributed by atoms with van der Waals surface area (Å²) < 4.78 is 26.1. The van der Waals surface area contributed by atoms with E-state index >= 15 is 0 Å². The number of hydrogen-bond donors (Lipinski definition) is 1. The Bertz CT molecular complexity index is 390. The summed E-state index contributed by atoms with van der Waals surface area (Å²) in [5.41, 5.74) is 2.15. The molecule has 1 aromatic carbocycles. The fraction of sp³-hybridized carbons (Fsp3) is 0.571. The van der Waals surface area contributed by atoms with E-state index in [0.29, 0.717) is 12.8 Å². The molecule has 1 aliphatic rings. The van der Waals surface area contributed by atoms with Crippen molar-refractivity contribution in [2.45, 2.75) is 44.6 Å². The van der Waals surface area contributed by atoms with Crippen molar-refractivity contribution < 1.29 is 13.9 Å². The number of benzene rings is 1. The predicted octanol–water partition coefficient (Wildman–Crippen LogP) is 3.33. The van der Waals surface area contributed by atoms with Crippen molar-refractivity contribution in [1.29, 1.82) is 0 Å². The molecule has 17 heavy (non-hydrogen) atoms. The SMILES string of the molecule is Cc1cccc(CC(O)C2CCC(F)(F)C2)c1. The largest absolute Gasteiger partial charge is 0.392 e. The molecule has 0 aromatic heterocycles. The highest BCUT2D eigenvalue weighted by Gasteiger charge is 2.41. The number of alkyl halides is 2. The summed E-state index contributed by atoms with van der Waals surface area (Å²) in [7, 11) is 0. The molecule has 1 N–H and O–H groups in total.